The molecule has 6 heterocycles. The largest absolute Gasteiger partial charge is 0.454 e. The summed E-state index contributed by atoms with van der Waals surface area (Å²) in [6, 6.07) is 106. The highest BCUT2D eigenvalue weighted by atomic mass is 32.1. The van der Waals surface area contributed by atoms with Crippen LogP contribution in [0.1, 0.15) is 0 Å². The third kappa shape index (κ3) is 6.70. The normalized spacial score (nSPS) is 12.2. The molecule has 6 aromatic heterocycles. The summed E-state index contributed by atoms with van der Waals surface area (Å²) < 4.78 is 19.0. The fourth-order valence-corrected chi connectivity index (χ4v) is 15.7. The van der Waals surface area contributed by atoms with Crippen LogP contribution in [0.2, 0.25) is 0 Å². The van der Waals surface area contributed by atoms with E-state index in [1.54, 1.807) is 0 Å². The average Bonchev–Trinajstić information content (AvgIpc) is 1.99. The molecule has 0 saturated carbocycles. The number of para-hydroxylation sites is 6. The lowest BCUT2D eigenvalue weighted by molar-refractivity contribution is 0.666. The fraction of sp³-hybridized carbons (Fsp3) is 0. The number of nitrogens with zero attached hydrogens (tertiary/aromatic N) is 4. The first-order valence-corrected chi connectivity index (χ1v) is 30.2. The lowest BCUT2D eigenvalue weighted by Gasteiger charge is -2.12. The van der Waals surface area contributed by atoms with Crippen molar-refractivity contribution in [2.24, 2.45) is 0 Å². The van der Waals surface area contributed by atoms with Crippen molar-refractivity contribution in [3.05, 3.63) is 291 Å². The maximum Gasteiger partial charge on any atom is 0.159 e. The Morgan fingerprint density at radius 3 is 1.36 bits per heavy atom. The van der Waals surface area contributed by atoms with Crippen LogP contribution in [0.25, 0.3) is 174 Å². The van der Waals surface area contributed by atoms with E-state index in [0.717, 1.165) is 38.8 Å². The Bertz CT molecular complexity index is 6210. The number of hydrogen-bond acceptors (Lipinski definition) is 2. The van der Waals surface area contributed by atoms with Crippen molar-refractivity contribution in [1.29, 1.82) is 0 Å². The molecule has 0 saturated heterocycles. The minimum absolute atomic E-state index is 0.904. The van der Waals surface area contributed by atoms with Gasteiger partial charge in [-0.1, -0.05) is 206 Å². The fourth-order valence-electron chi connectivity index (χ4n) is 14.5. The molecule has 400 valence electrons. The molecule has 0 aliphatic heterocycles. The van der Waals surface area contributed by atoms with Crippen LogP contribution in [-0.4, -0.2) is 18.3 Å². The van der Waals surface area contributed by atoms with Gasteiger partial charge in [-0.15, -0.1) is 11.3 Å². The van der Waals surface area contributed by atoms with Crippen molar-refractivity contribution < 1.29 is 4.42 Å². The van der Waals surface area contributed by atoms with Gasteiger partial charge in [0.1, 0.15) is 5.58 Å². The SMILES string of the molecule is c1ccc(-n2c3cc4c(cc3c3ccc5ccccc5c32)c2ccccc2n4-c2cccc3c2oc2ccccc23)cc1.c1ccc(-n2c3ccccc3c3cc4c5ccc6ccccc6c5n(-c5cccc6c5sc5ccccc56)c4cc32)cc1. The van der Waals surface area contributed by atoms with E-state index >= 15 is 0 Å². The Morgan fingerprint density at radius 2 is 0.698 bits per heavy atom. The summed E-state index contributed by atoms with van der Waals surface area (Å²) in [5.41, 5.74) is 16.1. The Kier molecular flexibility index (Phi) is 9.99. The lowest BCUT2D eigenvalue weighted by Crippen LogP contribution is -1.96. The number of aromatic nitrogens is 4. The standard InChI is InChI=1S/C40H24N2O.C40H24N2S/c1-2-12-26(13-3-1)41-36-24-37-32(23-33(36)30-22-21-25-11-4-5-14-27(25)39(30)41)28-15-6-8-18-34(28)42(37)35-19-10-17-31-29-16-7-9-20-38(29)43-40(31)35;1-2-12-26(13-3-1)41-34-18-8-6-15-28(34)32-23-33-30-22-21-25-11-4-5-14-27(25)39(30)42(37(33)24-36(32)41)35-19-10-17-31-29-16-7-9-20-38(29)43-40(31)35/h2*1-24H. The van der Waals surface area contributed by atoms with E-state index < -0.39 is 0 Å². The highest BCUT2D eigenvalue weighted by Gasteiger charge is 2.24. The first kappa shape index (κ1) is 47.3. The number of furan rings is 1. The van der Waals surface area contributed by atoms with Gasteiger partial charge < -0.3 is 22.7 Å². The average molecular weight is 1110 g/mol. The molecular formula is C80H48N4OS. The summed E-state index contributed by atoms with van der Waals surface area (Å²) in [5, 5.41) is 20.0. The van der Waals surface area contributed by atoms with Crippen molar-refractivity contribution >= 4 is 162 Å². The van der Waals surface area contributed by atoms with Gasteiger partial charge in [0.15, 0.2) is 5.58 Å². The Balaban J connectivity index is 0.000000126. The molecule has 14 aromatic carbocycles. The van der Waals surface area contributed by atoms with Crippen LogP contribution in [0.3, 0.4) is 0 Å². The molecule has 86 heavy (non-hydrogen) atoms. The molecule has 0 N–H and O–H groups in total. The summed E-state index contributed by atoms with van der Waals surface area (Å²) >= 11 is 1.89. The summed E-state index contributed by atoms with van der Waals surface area (Å²) in [5.74, 6) is 0. The molecule has 0 atom stereocenters. The van der Waals surface area contributed by atoms with Gasteiger partial charge in [0, 0.05) is 91.5 Å². The molecule has 20 rings (SSSR count). The van der Waals surface area contributed by atoms with Crippen molar-refractivity contribution in [3.8, 4) is 22.7 Å². The highest BCUT2D eigenvalue weighted by molar-refractivity contribution is 7.26. The number of thiophene rings is 1. The third-order valence-corrected chi connectivity index (χ3v) is 19.4. The Hall–Kier alpha value is -11.2. The first-order valence-electron chi connectivity index (χ1n) is 29.4. The smallest absolute Gasteiger partial charge is 0.159 e. The number of hydrogen-bond donors (Lipinski definition) is 0. The number of fused-ring (bicyclic) bond motifs is 22. The lowest BCUT2D eigenvalue weighted by atomic mass is 10.0. The zero-order chi connectivity index (χ0) is 56.1. The highest BCUT2D eigenvalue weighted by Crippen LogP contribution is 2.47. The van der Waals surface area contributed by atoms with Gasteiger partial charge in [-0.25, -0.2) is 0 Å². The van der Waals surface area contributed by atoms with E-state index in [1.807, 2.05) is 17.4 Å². The second-order valence-corrected chi connectivity index (χ2v) is 23.7. The zero-order valence-corrected chi connectivity index (χ0v) is 47.1. The Morgan fingerprint density at radius 1 is 0.244 bits per heavy atom. The van der Waals surface area contributed by atoms with Crippen molar-refractivity contribution in [2.75, 3.05) is 0 Å². The van der Waals surface area contributed by atoms with Crippen LogP contribution in [-0.2, 0) is 0 Å². The van der Waals surface area contributed by atoms with E-state index in [0.29, 0.717) is 0 Å². The van der Waals surface area contributed by atoms with E-state index in [9.17, 15) is 0 Å². The molecule has 0 aliphatic carbocycles. The van der Waals surface area contributed by atoms with Crippen LogP contribution >= 0.6 is 11.3 Å². The van der Waals surface area contributed by atoms with Gasteiger partial charge in [-0.2, -0.15) is 0 Å². The predicted octanol–water partition coefficient (Wildman–Crippen LogP) is 22.3. The monoisotopic (exact) mass is 1110 g/mol. The van der Waals surface area contributed by atoms with Gasteiger partial charge in [-0.05, 0) is 95.7 Å². The summed E-state index contributed by atoms with van der Waals surface area (Å²) in [4.78, 5) is 0. The molecule has 5 nitrogen and oxygen atoms in total. The van der Waals surface area contributed by atoms with Crippen molar-refractivity contribution in [1.82, 2.24) is 18.3 Å². The summed E-state index contributed by atoms with van der Waals surface area (Å²) in [6.45, 7) is 0. The second-order valence-electron chi connectivity index (χ2n) is 22.7. The van der Waals surface area contributed by atoms with E-state index in [4.69, 9.17) is 4.42 Å². The van der Waals surface area contributed by atoms with Gasteiger partial charge >= 0.3 is 0 Å². The zero-order valence-electron chi connectivity index (χ0n) is 46.3. The minimum Gasteiger partial charge on any atom is -0.454 e. The molecule has 6 heteroatoms. The van der Waals surface area contributed by atoms with Crippen LogP contribution in [0.15, 0.2) is 296 Å². The van der Waals surface area contributed by atoms with Crippen LogP contribution in [0.4, 0.5) is 0 Å². The van der Waals surface area contributed by atoms with Gasteiger partial charge in [0.2, 0.25) is 0 Å². The van der Waals surface area contributed by atoms with E-state index in [1.165, 1.54) is 135 Å². The molecule has 20 aromatic rings. The number of benzene rings is 14. The maximum atomic E-state index is 6.56. The molecule has 0 aliphatic rings. The van der Waals surface area contributed by atoms with E-state index in [2.05, 4.69) is 303 Å². The molecular weight excluding hydrogens is 1060 g/mol. The minimum atomic E-state index is 0.904. The van der Waals surface area contributed by atoms with Gasteiger partial charge in [-0.3, -0.25) is 0 Å². The van der Waals surface area contributed by atoms with Crippen LogP contribution < -0.4 is 0 Å². The Labute approximate surface area is 495 Å². The van der Waals surface area contributed by atoms with Gasteiger partial charge in [0.25, 0.3) is 0 Å². The summed E-state index contributed by atoms with van der Waals surface area (Å²) in [7, 11) is 0. The molecule has 0 unspecified atom stereocenters. The number of rotatable bonds is 4. The quantitative estimate of drug-likeness (QED) is 0.173. The topological polar surface area (TPSA) is 32.9 Å². The van der Waals surface area contributed by atoms with Crippen molar-refractivity contribution in [2.45, 2.75) is 0 Å². The molecule has 0 amide bonds. The molecule has 0 fully saturated rings. The first-order chi connectivity index (χ1) is 42.7. The predicted molar refractivity (Wildman–Crippen MR) is 365 cm³/mol. The van der Waals surface area contributed by atoms with E-state index in [-0.39, 0.29) is 0 Å². The third-order valence-electron chi connectivity index (χ3n) is 18.2. The summed E-state index contributed by atoms with van der Waals surface area (Å²) in [6.07, 6.45) is 0. The van der Waals surface area contributed by atoms with Crippen LogP contribution in [0, 0.1) is 0 Å². The molecule has 0 spiro atoms. The van der Waals surface area contributed by atoms with Gasteiger partial charge in [0.05, 0.1) is 60.2 Å². The van der Waals surface area contributed by atoms with Crippen molar-refractivity contribution in [3.63, 3.8) is 0 Å². The maximum absolute atomic E-state index is 6.56. The molecule has 0 bridgehead atoms. The van der Waals surface area contributed by atoms with Crippen LogP contribution in [0.5, 0.6) is 0 Å². The second kappa shape index (κ2) is 18.2. The molecule has 0 radical (unpaired) electrons.